The van der Waals surface area contributed by atoms with Crippen molar-refractivity contribution in [3.63, 3.8) is 0 Å². The number of nitrogen functional groups attached to an aromatic ring is 1. The fourth-order valence-electron chi connectivity index (χ4n) is 1.72. The van der Waals surface area contributed by atoms with Crippen molar-refractivity contribution in [3.8, 4) is 5.75 Å². The number of ether oxygens (including phenoxy) is 1. The van der Waals surface area contributed by atoms with Gasteiger partial charge in [0.1, 0.15) is 10.6 Å². The molecule has 0 aliphatic heterocycles. The first kappa shape index (κ1) is 14.1. The van der Waals surface area contributed by atoms with Gasteiger partial charge in [0.05, 0.1) is 18.5 Å². The highest BCUT2D eigenvalue weighted by molar-refractivity contribution is 7.92. The van der Waals surface area contributed by atoms with Crippen LogP contribution in [-0.2, 0) is 10.0 Å². The predicted molar refractivity (Wildman–Crippen MR) is 77.2 cm³/mol. The van der Waals surface area contributed by atoms with E-state index in [0.29, 0.717) is 11.4 Å². The van der Waals surface area contributed by atoms with Gasteiger partial charge in [0, 0.05) is 12.4 Å². The monoisotopic (exact) mass is 293 g/mol. The van der Waals surface area contributed by atoms with Crippen molar-refractivity contribution in [2.45, 2.75) is 11.8 Å². The van der Waals surface area contributed by atoms with Crippen LogP contribution in [0.4, 0.5) is 11.4 Å². The Labute approximate surface area is 117 Å². The smallest absolute Gasteiger partial charge is 0.265 e. The van der Waals surface area contributed by atoms with Gasteiger partial charge in [-0.3, -0.25) is 9.71 Å². The summed E-state index contributed by atoms with van der Waals surface area (Å²) in [5, 5.41) is 0. The number of methoxy groups -OCH3 is 1. The molecule has 1 aromatic heterocycles. The topological polar surface area (TPSA) is 94.3 Å². The Morgan fingerprint density at radius 3 is 2.70 bits per heavy atom. The minimum absolute atomic E-state index is 0.0661. The molecule has 6 nitrogen and oxygen atoms in total. The van der Waals surface area contributed by atoms with Crippen LogP contribution in [0, 0.1) is 6.92 Å². The van der Waals surface area contributed by atoms with Crippen molar-refractivity contribution in [3.05, 3.63) is 42.2 Å². The number of nitrogens with two attached hydrogens (primary N) is 1. The third kappa shape index (κ3) is 2.83. The van der Waals surface area contributed by atoms with E-state index in [1.807, 2.05) is 13.0 Å². The number of nitrogens with zero attached hydrogens (tertiary/aromatic N) is 1. The Morgan fingerprint density at radius 2 is 2.05 bits per heavy atom. The van der Waals surface area contributed by atoms with Crippen LogP contribution in [0.25, 0.3) is 0 Å². The van der Waals surface area contributed by atoms with Crippen LogP contribution in [0.3, 0.4) is 0 Å². The van der Waals surface area contributed by atoms with Gasteiger partial charge in [0.2, 0.25) is 0 Å². The summed E-state index contributed by atoms with van der Waals surface area (Å²) < 4.78 is 32.2. The number of pyridine rings is 1. The lowest BCUT2D eigenvalue weighted by molar-refractivity contribution is 0.417. The Kier molecular flexibility index (Phi) is 3.80. The lowest BCUT2D eigenvalue weighted by atomic mass is 10.2. The Hall–Kier alpha value is -2.28. The van der Waals surface area contributed by atoms with E-state index >= 15 is 0 Å². The number of sulfonamides is 1. The first-order chi connectivity index (χ1) is 9.44. The van der Waals surface area contributed by atoms with Gasteiger partial charge >= 0.3 is 0 Å². The molecule has 0 aliphatic carbocycles. The number of hydrogen-bond donors (Lipinski definition) is 2. The molecule has 7 heteroatoms. The summed E-state index contributed by atoms with van der Waals surface area (Å²) in [4.78, 5) is 3.72. The van der Waals surface area contributed by atoms with Gasteiger partial charge in [-0.1, -0.05) is 6.07 Å². The average Bonchev–Trinajstić information content (AvgIpc) is 2.39. The van der Waals surface area contributed by atoms with E-state index in [4.69, 9.17) is 10.5 Å². The van der Waals surface area contributed by atoms with Crippen LogP contribution in [-0.4, -0.2) is 20.5 Å². The maximum absolute atomic E-state index is 12.3. The van der Waals surface area contributed by atoms with E-state index < -0.39 is 10.0 Å². The van der Waals surface area contributed by atoms with Gasteiger partial charge in [-0.05, 0) is 30.7 Å². The molecule has 0 fully saturated rings. The van der Waals surface area contributed by atoms with Crippen LogP contribution in [0.2, 0.25) is 0 Å². The largest absolute Gasteiger partial charge is 0.495 e. The average molecular weight is 293 g/mol. The van der Waals surface area contributed by atoms with Gasteiger partial charge in [-0.2, -0.15) is 0 Å². The maximum Gasteiger partial charge on any atom is 0.265 e. The Morgan fingerprint density at radius 1 is 1.30 bits per heavy atom. The molecule has 0 radical (unpaired) electrons. The summed E-state index contributed by atoms with van der Waals surface area (Å²) >= 11 is 0. The fourth-order valence-corrected chi connectivity index (χ4v) is 2.85. The zero-order valence-electron chi connectivity index (χ0n) is 11.1. The number of anilines is 2. The van der Waals surface area contributed by atoms with Crippen LogP contribution in [0.15, 0.2) is 41.6 Å². The highest BCUT2D eigenvalue weighted by atomic mass is 32.2. The molecule has 1 aromatic carbocycles. The van der Waals surface area contributed by atoms with Crippen molar-refractivity contribution < 1.29 is 13.2 Å². The van der Waals surface area contributed by atoms with Crippen molar-refractivity contribution >= 4 is 21.4 Å². The summed E-state index contributed by atoms with van der Waals surface area (Å²) in [5.41, 5.74) is 7.07. The van der Waals surface area contributed by atoms with Crippen LogP contribution >= 0.6 is 0 Å². The summed E-state index contributed by atoms with van der Waals surface area (Å²) in [5.74, 6) is 0.432. The molecule has 0 spiro atoms. The lowest BCUT2D eigenvalue weighted by Gasteiger charge is -2.13. The number of aryl methyl sites for hydroxylation is 1. The van der Waals surface area contributed by atoms with Crippen molar-refractivity contribution in [2.75, 3.05) is 17.6 Å². The summed E-state index contributed by atoms with van der Waals surface area (Å²) in [6.45, 7) is 1.86. The minimum Gasteiger partial charge on any atom is -0.495 e. The number of benzene rings is 1. The molecular weight excluding hydrogens is 278 g/mol. The Bertz CT molecular complexity index is 729. The molecule has 0 atom stereocenters. The molecular formula is C13H15N3O3S. The summed E-state index contributed by atoms with van der Waals surface area (Å²) in [6, 6.07) is 6.64. The molecule has 2 aromatic rings. The summed E-state index contributed by atoms with van der Waals surface area (Å²) in [7, 11) is -2.34. The lowest BCUT2D eigenvalue weighted by Crippen LogP contribution is -2.15. The zero-order valence-corrected chi connectivity index (χ0v) is 11.9. The van der Waals surface area contributed by atoms with E-state index in [2.05, 4.69) is 9.71 Å². The molecule has 0 unspecified atom stereocenters. The van der Waals surface area contributed by atoms with Crippen LogP contribution < -0.4 is 15.2 Å². The van der Waals surface area contributed by atoms with Gasteiger partial charge < -0.3 is 10.5 Å². The zero-order chi connectivity index (χ0) is 14.8. The van der Waals surface area contributed by atoms with E-state index in [9.17, 15) is 8.42 Å². The van der Waals surface area contributed by atoms with Gasteiger partial charge in [-0.15, -0.1) is 0 Å². The molecule has 1 heterocycles. The van der Waals surface area contributed by atoms with Crippen LogP contribution in [0.1, 0.15) is 5.56 Å². The quantitative estimate of drug-likeness (QED) is 0.896. The van der Waals surface area contributed by atoms with E-state index in [1.165, 1.54) is 25.6 Å². The molecule has 3 N–H and O–H groups in total. The first-order valence-electron chi connectivity index (χ1n) is 5.81. The van der Waals surface area contributed by atoms with Gasteiger partial charge in [-0.25, -0.2) is 8.42 Å². The van der Waals surface area contributed by atoms with Gasteiger partial charge in [0.15, 0.2) is 0 Å². The molecule has 0 bridgehead atoms. The molecule has 106 valence electrons. The van der Waals surface area contributed by atoms with Crippen molar-refractivity contribution in [1.82, 2.24) is 4.98 Å². The number of aromatic nitrogens is 1. The second-order valence-corrected chi connectivity index (χ2v) is 5.87. The van der Waals surface area contributed by atoms with E-state index in [0.717, 1.165) is 5.56 Å². The standard InChI is InChI=1S/C13H15N3O3S/c1-9-3-4-12(19-2)11(7-9)16-20(17,18)13-8-15-6-5-10(13)14/h3-8,16H,1-2H3,(H2,14,15). The molecule has 0 amide bonds. The fraction of sp³-hybridized carbons (Fsp3) is 0.154. The SMILES string of the molecule is COc1ccc(C)cc1NS(=O)(=O)c1cnccc1N. The van der Waals surface area contributed by atoms with Crippen molar-refractivity contribution in [1.29, 1.82) is 0 Å². The minimum atomic E-state index is -3.81. The van der Waals surface area contributed by atoms with Crippen molar-refractivity contribution in [2.24, 2.45) is 0 Å². The third-order valence-corrected chi connectivity index (χ3v) is 4.11. The number of hydrogen-bond acceptors (Lipinski definition) is 5. The first-order valence-corrected chi connectivity index (χ1v) is 7.29. The predicted octanol–water partition coefficient (Wildman–Crippen LogP) is 1.78. The second-order valence-electron chi connectivity index (χ2n) is 4.22. The van der Waals surface area contributed by atoms with E-state index in [1.54, 1.807) is 12.1 Å². The number of rotatable bonds is 4. The molecule has 20 heavy (non-hydrogen) atoms. The maximum atomic E-state index is 12.3. The third-order valence-electron chi connectivity index (χ3n) is 2.71. The molecule has 0 saturated carbocycles. The normalized spacial score (nSPS) is 11.1. The van der Waals surface area contributed by atoms with E-state index in [-0.39, 0.29) is 10.6 Å². The van der Waals surface area contributed by atoms with Gasteiger partial charge in [0.25, 0.3) is 10.0 Å². The van der Waals surface area contributed by atoms with Crippen LogP contribution in [0.5, 0.6) is 5.75 Å². The second kappa shape index (κ2) is 5.38. The number of nitrogens with one attached hydrogen (secondary N) is 1. The molecule has 0 aliphatic rings. The Balaban J connectivity index is 2.44. The highest BCUT2D eigenvalue weighted by Gasteiger charge is 2.19. The molecule has 0 saturated heterocycles. The summed E-state index contributed by atoms with van der Waals surface area (Å²) in [6.07, 6.45) is 2.64. The highest BCUT2D eigenvalue weighted by Crippen LogP contribution is 2.28. The molecule has 2 rings (SSSR count).